The van der Waals surface area contributed by atoms with Crippen LogP contribution in [0.5, 0.6) is 0 Å². The average Bonchev–Trinajstić information content (AvgIpc) is 3.45. The van der Waals surface area contributed by atoms with Gasteiger partial charge in [-0.2, -0.15) is 10.3 Å². The van der Waals surface area contributed by atoms with Crippen LogP contribution >= 0.6 is 11.3 Å². The minimum Gasteiger partial charge on any atom is -0.477 e. The molecule has 0 spiro atoms. The summed E-state index contributed by atoms with van der Waals surface area (Å²) in [6.07, 6.45) is 8.71. The fourth-order valence-corrected chi connectivity index (χ4v) is 10.3. The maximum absolute atomic E-state index is 17.5. The molecule has 11 nitrogen and oxygen atoms in total. The lowest BCUT2D eigenvalue weighted by Gasteiger charge is -2.43. The SMILES string of the molecule is CCC/C=C(/N=C(\c1c(C)c(F)c(C2NC=C(F)c3sc(N)c(C#N)c32)c2c1COC2)N1C2CCC1CN(CC(C)O)C2)OCC1(CN2CCOCC2)CC1. The quantitative estimate of drug-likeness (QED) is 0.141. The maximum atomic E-state index is 17.5. The number of amidine groups is 1. The molecule has 2 aromatic rings. The van der Waals surface area contributed by atoms with Crippen molar-refractivity contribution < 1.29 is 28.1 Å². The number of aliphatic hydroxyl groups is 1. The number of β-amino-alcohol motifs (C(OH)–C–C–N with tert-alkyl or cyclic N) is 1. The zero-order chi connectivity index (χ0) is 38.4. The van der Waals surface area contributed by atoms with E-state index in [0.29, 0.717) is 52.7 Å². The molecule has 6 aliphatic rings. The number of nitrogen functional groups attached to an aromatic ring is 1. The van der Waals surface area contributed by atoms with Crippen molar-refractivity contribution >= 4 is 28.0 Å². The van der Waals surface area contributed by atoms with Crippen LogP contribution in [-0.2, 0) is 27.4 Å². The lowest BCUT2D eigenvalue weighted by Crippen LogP contribution is -2.57. The molecular formula is C41H53F2N7O4S. The van der Waals surface area contributed by atoms with E-state index in [2.05, 4.69) is 39.1 Å². The van der Waals surface area contributed by atoms with Crippen LogP contribution in [0.25, 0.3) is 5.83 Å². The van der Waals surface area contributed by atoms with Gasteiger partial charge in [-0.25, -0.2) is 8.78 Å². The minimum atomic E-state index is -0.828. The number of morpholine rings is 1. The maximum Gasteiger partial charge on any atom is 0.211 e. The van der Waals surface area contributed by atoms with Gasteiger partial charge in [0.1, 0.15) is 22.7 Å². The molecule has 1 saturated carbocycles. The highest BCUT2D eigenvalue weighted by atomic mass is 32.1. The number of aliphatic hydroxyl groups excluding tert-OH is 1. The zero-order valence-corrected chi connectivity index (χ0v) is 33.0. The molecule has 296 valence electrons. The number of hydrogen-bond donors (Lipinski definition) is 3. The molecule has 4 atom stereocenters. The number of likely N-dealkylation sites (tertiary alicyclic amines) is 1. The van der Waals surface area contributed by atoms with Crippen molar-refractivity contribution in [3.63, 3.8) is 0 Å². The Labute approximate surface area is 326 Å². The van der Waals surface area contributed by atoms with Crippen LogP contribution in [0.1, 0.15) is 102 Å². The van der Waals surface area contributed by atoms with Crippen molar-refractivity contribution in [2.24, 2.45) is 10.4 Å². The third kappa shape index (κ3) is 7.40. The molecular weight excluding hydrogens is 725 g/mol. The Hall–Kier alpha value is -3.58. The zero-order valence-electron chi connectivity index (χ0n) is 32.1. The fourth-order valence-electron chi connectivity index (χ4n) is 9.33. The topological polar surface area (TPSA) is 132 Å². The van der Waals surface area contributed by atoms with E-state index >= 15 is 8.78 Å². The van der Waals surface area contributed by atoms with Crippen LogP contribution < -0.4 is 11.1 Å². The van der Waals surface area contributed by atoms with E-state index in [9.17, 15) is 10.4 Å². The van der Waals surface area contributed by atoms with E-state index in [1.807, 2.05) is 6.92 Å². The third-order valence-electron chi connectivity index (χ3n) is 12.2. The van der Waals surface area contributed by atoms with Gasteiger partial charge in [0, 0.05) is 79.7 Å². The van der Waals surface area contributed by atoms with E-state index in [1.54, 1.807) is 6.92 Å². The summed E-state index contributed by atoms with van der Waals surface area (Å²) in [5.74, 6) is 0.270. The Balaban J connectivity index is 1.22. The number of anilines is 1. The molecule has 2 bridgehead atoms. The molecule has 6 heterocycles. The molecule has 14 heteroatoms. The first-order valence-electron chi connectivity index (χ1n) is 19.9. The van der Waals surface area contributed by atoms with E-state index < -0.39 is 23.8 Å². The number of allylic oxidation sites excluding steroid dienone is 1. The third-order valence-corrected chi connectivity index (χ3v) is 13.2. The molecule has 5 aliphatic heterocycles. The number of rotatable bonds is 12. The summed E-state index contributed by atoms with van der Waals surface area (Å²) < 4.78 is 51.1. The monoisotopic (exact) mass is 777 g/mol. The standard InChI is InChI=1S/C41H53F2N7O4S/c1-4-5-6-32(54-23-41(9-10-41)22-48-11-13-52-14-12-48)47-40(50-26-7-8-27(50)19-49(18-26)17-24(2)51)33-25(3)36(43)34(30-21-53-20-29(30)33)37-35-28(15-44)39(45)55-38(35)31(42)16-46-37/h6,16,24,26-27,37,46,51H,4-5,7-14,17-23,45H2,1-3H3/b32-6-,47-40+. The van der Waals surface area contributed by atoms with Crippen molar-refractivity contribution in [2.75, 3.05) is 64.8 Å². The molecule has 1 aliphatic carbocycles. The second-order valence-electron chi connectivity index (χ2n) is 16.3. The number of ether oxygens (including phenoxy) is 3. The van der Waals surface area contributed by atoms with Gasteiger partial charge in [-0.3, -0.25) is 9.80 Å². The van der Waals surface area contributed by atoms with Crippen molar-refractivity contribution in [3.05, 3.63) is 67.8 Å². The summed E-state index contributed by atoms with van der Waals surface area (Å²) in [5, 5.41) is 23.6. The molecule has 0 radical (unpaired) electrons. The lowest BCUT2D eigenvalue weighted by molar-refractivity contribution is 0.0192. The highest BCUT2D eigenvalue weighted by Crippen LogP contribution is 2.49. The molecule has 55 heavy (non-hydrogen) atoms. The van der Waals surface area contributed by atoms with Gasteiger partial charge in [-0.1, -0.05) is 13.3 Å². The van der Waals surface area contributed by atoms with Crippen LogP contribution in [0.3, 0.4) is 0 Å². The van der Waals surface area contributed by atoms with Gasteiger partial charge in [0.25, 0.3) is 0 Å². The second-order valence-corrected chi connectivity index (χ2v) is 17.3. The number of thiophene rings is 1. The van der Waals surface area contributed by atoms with E-state index in [-0.39, 0.29) is 46.2 Å². The summed E-state index contributed by atoms with van der Waals surface area (Å²) in [6, 6.07) is 1.54. The molecule has 4 fully saturated rings. The fraction of sp³-hybridized carbons (Fsp3) is 0.610. The summed E-state index contributed by atoms with van der Waals surface area (Å²) in [4.78, 5) is 12.9. The Kier molecular flexibility index (Phi) is 11.0. The van der Waals surface area contributed by atoms with E-state index in [0.717, 1.165) is 101 Å². The summed E-state index contributed by atoms with van der Waals surface area (Å²) in [6.45, 7) is 13.2. The normalized spacial score (nSPS) is 25.6. The first kappa shape index (κ1) is 38.3. The molecule has 3 saturated heterocycles. The van der Waals surface area contributed by atoms with Crippen LogP contribution in [0.2, 0.25) is 0 Å². The second kappa shape index (κ2) is 15.8. The van der Waals surface area contributed by atoms with Crippen molar-refractivity contribution in [1.29, 1.82) is 5.26 Å². The van der Waals surface area contributed by atoms with E-state index in [1.165, 1.54) is 6.20 Å². The first-order chi connectivity index (χ1) is 26.6. The number of nitrogens with zero attached hydrogens (tertiary/aromatic N) is 5. The van der Waals surface area contributed by atoms with Crippen LogP contribution in [0.15, 0.2) is 23.2 Å². The lowest BCUT2D eigenvalue weighted by atomic mass is 9.84. The number of halogens is 2. The molecule has 0 amide bonds. The first-order valence-corrected chi connectivity index (χ1v) is 20.7. The van der Waals surface area contributed by atoms with Crippen molar-refractivity contribution in [1.82, 2.24) is 20.0 Å². The molecule has 1 aromatic carbocycles. The van der Waals surface area contributed by atoms with Gasteiger partial charge in [0.2, 0.25) is 5.88 Å². The largest absolute Gasteiger partial charge is 0.477 e. The summed E-state index contributed by atoms with van der Waals surface area (Å²) in [7, 11) is 0. The number of fused-ring (bicyclic) bond motifs is 4. The van der Waals surface area contributed by atoms with Gasteiger partial charge < -0.3 is 35.3 Å². The van der Waals surface area contributed by atoms with Gasteiger partial charge >= 0.3 is 0 Å². The number of unbranched alkanes of at least 4 members (excludes halogenated alkanes) is 1. The molecule has 4 N–H and O–H groups in total. The van der Waals surface area contributed by atoms with Crippen LogP contribution in [-0.4, -0.2) is 103 Å². The Morgan fingerprint density at radius 2 is 1.89 bits per heavy atom. The van der Waals surface area contributed by atoms with Crippen LogP contribution in [0.4, 0.5) is 13.8 Å². The Morgan fingerprint density at radius 1 is 1.16 bits per heavy atom. The number of nitrogens with two attached hydrogens (primary N) is 1. The molecule has 8 rings (SSSR count). The number of hydrogen-bond acceptors (Lipinski definition) is 11. The number of nitriles is 1. The highest BCUT2D eigenvalue weighted by Gasteiger charge is 2.47. The number of piperazine rings is 1. The molecule has 1 aromatic heterocycles. The van der Waals surface area contributed by atoms with Gasteiger partial charge in [0.15, 0.2) is 5.83 Å². The summed E-state index contributed by atoms with van der Waals surface area (Å²) in [5.41, 5.74) is 9.80. The number of nitrogens with one attached hydrogen (secondary N) is 1. The van der Waals surface area contributed by atoms with Crippen molar-refractivity contribution in [3.8, 4) is 6.07 Å². The summed E-state index contributed by atoms with van der Waals surface area (Å²) >= 11 is 1.01. The predicted molar refractivity (Wildman–Crippen MR) is 208 cm³/mol. The van der Waals surface area contributed by atoms with E-state index in [4.69, 9.17) is 24.9 Å². The van der Waals surface area contributed by atoms with Gasteiger partial charge in [0.05, 0.1) is 55.6 Å². The van der Waals surface area contributed by atoms with Gasteiger partial charge in [-0.15, -0.1) is 11.3 Å². The van der Waals surface area contributed by atoms with Crippen LogP contribution in [0, 0.1) is 29.5 Å². The number of benzene rings is 1. The predicted octanol–water partition coefficient (Wildman–Crippen LogP) is 5.69. The highest BCUT2D eigenvalue weighted by molar-refractivity contribution is 7.17. The minimum absolute atomic E-state index is 0.0792. The Bertz CT molecular complexity index is 1920. The Morgan fingerprint density at radius 3 is 2.56 bits per heavy atom. The smallest absolute Gasteiger partial charge is 0.211 e. The number of aliphatic imine (C=N–C) groups is 1. The average molecular weight is 778 g/mol. The molecule has 4 unspecified atom stereocenters. The van der Waals surface area contributed by atoms with Crippen molar-refractivity contribution in [2.45, 2.75) is 96.7 Å². The van der Waals surface area contributed by atoms with Gasteiger partial charge in [-0.05, 0) is 68.7 Å².